The molecule has 94 valence electrons. The van der Waals surface area contributed by atoms with Gasteiger partial charge in [-0.05, 0) is 19.3 Å². The van der Waals surface area contributed by atoms with E-state index in [2.05, 4.69) is 4.74 Å². The minimum Gasteiger partial charge on any atom is -0.481 e. The molecule has 0 aliphatic rings. The Kier molecular flexibility index (Phi) is 7.40. The normalized spacial score (nSPS) is 14.4. The van der Waals surface area contributed by atoms with Crippen molar-refractivity contribution < 1.29 is 28.9 Å². The lowest BCUT2D eigenvalue weighted by Gasteiger charge is -2.14. The summed E-state index contributed by atoms with van der Waals surface area (Å²) in [5.41, 5.74) is 5.25. The molecular weight excluding hydrogens is 220 g/mol. The molecule has 0 aromatic heterocycles. The fourth-order valence-electron chi connectivity index (χ4n) is 1.22. The summed E-state index contributed by atoms with van der Waals surface area (Å²) in [6.07, 6.45) is -0.167. The Morgan fingerprint density at radius 2 is 1.94 bits per heavy atom. The summed E-state index contributed by atoms with van der Waals surface area (Å²) in [7, 11) is 0. The number of hydrogen-bond acceptors (Lipinski definition) is 4. The Balaban J connectivity index is 3.83. The van der Waals surface area contributed by atoms with Crippen molar-refractivity contribution in [3.05, 3.63) is 0 Å². The molecule has 0 fully saturated rings. The topological polar surface area (TPSA) is 110 Å². The molecule has 6 nitrogen and oxygen atoms in total. The van der Waals surface area contributed by atoms with Crippen molar-refractivity contribution in [3.63, 3.8) is 0 Å². The molecular formula is C9H16FNO5. The lowest BCUT2D eigenvalue weighted by molar-refractivity contribution is -0.142. The van der Waals surface area contributed by atoms with Gasteiger partial charge in [0.05, 0.1) is 12.5 Å². The highest BCUT2D eigenvalue weighted by Crippen LogP contribution is 2.10. The molecule has 0 aromatic carbocycles. The fraction of sp³-hybridized carbons (Fsp3) is 0.778. The van der Waals surface area contributed by atoms with Crippen molar-refractivity contribution in [1.82, 2.24) is 0 Å². The molecule has 0 heterocycles. The van der Waals surface area contributed by atoms with E-state index >= 15 is 0 Å². The van der Waals surface area contributed by atoms with Crippen LogP contribution in [0.15, 0.2) is 0 Å². The summed E-state index contributed by atoms with van der Waals surface area (Å²) in [5, 5.41) is 17.0. The van der Waals surface area contributed by atoms with Gasteiger partial charge in [0.1, 0.15) is 6.04 Å². The van der Waals surface area contributed by atoms with Crippen LogP contribution in [0.5, 0.6) is 0 Å². The van der Waals surface area contributed by atoms with Crippen LogP contribution >= 0.6 is 0 Å². The molecule has 0 aliphatic heterocycles. The summed E-state index contributed by atoms with van der Waals surface area (Å²) < 4.78 is 16.4. The first-order chi connectivity index (χ1) is 7.47. The second-order valence-corrected chi connectivity index (χ2v) is 3.37. The van der Waals surface area contributed by atoms with Gasteiger partial charge in [0.2, 0.25) is 0 Å². The number of carbonyl (C=O) groups is 2. The number of rotatable bonds is 9. The predicted octanol–water partition coefficient (Wildman–Crippen LogP) is 0.355. The summed E-state index contributed by atoms with van der Waals surface area (Å²) >= 11 is 0. The number of alkyl halides is 1. The van der Waals surface area contributed by atoms with Crippen LogP contribution in [0.25, 0.3) is 0 Å². The molecule has 7 heteroatoms. The smallest absolute Gasteiger partial charge is 0.320 e. The zero-order chi connectivity index (χ0) is 12.6. The molecule has 4 N–H and O–H groups in total. The molecule has 0 saturated carbocycles. The van der Waals surface area contributed by atoms with Gasteiger partial charge in [0, 0.05) is 0 Å². The highest BCUT2D eigenvalue weighted by atomic mass is 18.2. The Hall–Kier alpha value is -1.21. The Morgan fingerprint density at radius 1 is 1.31 bits per heavy atom. The first kappa shape index (κ1) is 14.8. The molecule has 0 saturated heterocycles. The van der Waals surface area contributed by atoms with E-state index in [4.69, 9.17) is 15.9 Å². The van der Waals surface area contributed by atoms with Crippen molar-refractivity contribution in [2.24, 2.45) is 5.73 Å². The van der Waals surface area contributed by atoms with Crippen molar-refractivity contribution in [1.29, 1.82) is 0 Å². The Bertz CT molecular complexity index is 236. The van der Waals surface area contributed by atoms with Crippen LogP contribution in [0.3, 0.4) is 0 Å². The molecule has 0 aromatic rings. The van der Waals surface area contributed by atoms with Gasteiger partial charge in [-0.2, -0.15) is 0 Å². The highest BCUT2D eigenvalue weighted by molar-refractivity contribution is 5.72. The third-order valence-corrected chi connectivity index (χ3v) is 2.06. The van der Waals surface area contributed by atoms with E-state index < -0.39 is 30.9 Å². The zero-order valence-corrected chi connectivity index (χ0v) is 8.76. The number of halogens is 1. The van der Waals surface area contributed by atoms with Gasteiger partial charge in [-0.1, -0.05) is 0 Å². The van der Waals surface area contributed by atoms with Crippen molar-refractivity contribution in [2.75, 3.05) is 6.86 Å². The lowest BCUT2D eigenvalue weighted by Crippen LogP contribution is -2.30. The summed E-state index contributed by atoms with van der Waals surface area (Å²) in [4.78, 5) is 20.7. The van der Waals surface area contributed by atoms with E-state index in [1.165, 1.54) is 0 Å². The number of carboxylic acids is 2. The number of aliphatic carboxylic acids is 2. The molecule has 0 radical (unpaired) electrons. The monoisotopic (exact) mass is 236 g/mol. The van der Waals surface area contributed by atoms with Crippen LogP contribution < -0.4 is 5.73 Å². The average molecular weight is 236 g/mol. The Labute approximate surface area is 92.2 Å². The average Bonchev–Trinajstić information content (AvgIpc) is 2.16. The van der Waals surface area contributed by atoms with Gasteiger partial charge in [-0.15, -0.1) is 0 Å². The maximum atomic E-state index is 11.9. The second kappa shape index (κ2) is 8.00. The maximum absolute atomic E-state index is 11.9. The number of nitrogens with two attached hydrogens (primary N) is 1. The quantitative estimate of drug-likeness (QED) is 0.533. The van der Waals surface area contributed by atoms with Crippen molar-refractivity contribution in [2.45, 2.75) is 37.8 Å². The third kappa shape index (κ3) is 7.13. The third-order valence-electron chi connectivity index (χ3n) is 2.06. The van der Waals surface area contributed by atoms with Gasteiger partial charge < -0.3 is 20.7 Å². The molecule has 0 amide bonds. The van der Waals surface area contributed by atoms with Crippen LogP contribution in [0.2, 0.25) is 0 Å². The van der Waals surface area contributed by atoms with Crippen LogP contribution in [0.4, 0.5) is 4.39 Å². The SMILES string of the molecule is NC(CCCC(CC(=O)O)OC[18F])C(=O)O. The summed E-state index contributed by atoms with van der Waals surface area (Å²) in [5.74, 6) is -2.19. The number of carboxylic acid groups (broad SMARTS) is 2. The van der Waals surface area contributed by atoms with Crippen LogP contribution in [-0.4, -0.2) is 41.2 Å². The maximum Gasteiger partial charge on any atom is 0.320 e. The standard InChI is InChI=1S/C9H16FNO5/c10-5-16-6(4-8(12)13)2-1-3-7(11)9(14)15/h6-7H,1-5,11H2,(H,12,13)(H,14,15)/i10-1. The number of ether oxygens (including phenoxy) is 1. The lowest BCUT2D eigenvalue weighted by atomic mass is 10.1. The highest BCUT2D eigenvalue weighted by Gasteiger charge is 2.16. The van der Waals surface area contributed by atoms with E-state index in [0.29, 0.717) is 6.42 Å². The van der Waals surface area contributed by atoms with Gasteiger partial charge in [-0.3, -0.25) is 9.59 Å². The second-order valence-electron chi connectivity index (χ2n) is 3.37. The fourth-order valence-corrected chi connectivity index (χ4v) is 1.22. The summed E-state index contributed by atoms with van der Waals surface area (Å²) in [6.45, 7) is -1.05. The minimum atomic E-state index is -1.11. The van der Waals surface area contributed by atoms with Gasteiger partial charge in [0.15, 0.2) is 6.86 Å². The van der Waals surface area contributed by atoms with E-state index in [0.717, 1.165) is 0 Å². The van der Waals surface area contributed by atoms with Gasteiger partial charge in [0.25, 0.3) is 0 Å². The van der Waals surface area contributed by atoms with Crippen LogP contribution in [0, 0.1) is 0 Å². The Morgan fingerprint density at radius 3 is 2.38 bits per heavy atom. The van der Waals surface area contributed by atoms with E-state index in [1.807, 2.05) is 0 Å². The number of hydrogen-bond donors (Lipinski definition) is 3. The van der Waals surface area contributed by atoms with E-state index in [-0.39, 0.29) is 19.3 Å². The van der Waals surface area contributed by atoms with Crippen LogP contribution in [0.1, 0.15) is 25.7 Å². The first-order valence-corrected chi connectivity index (χ1v) is 4.85. The molecule has 0 rings (SSSR count). The molecule has 0 bridgehead atoms. The van der Waals surface area contributed by atoms with E-state index in [1.54, 1.807) is 0 Å². The molecule has 2 atom stereocenters. The molecule has 0 aliphatic carbocycles. The molecule has 2 unspecified atom stereocenters. The van der Waals surface area contributed by atoms with Crippen molar-refractivity contribution in [3.8, 4) is 0 Å². The van der Waals surface area contributed by atoms with Gasteiger partial charge >= 0.3 is 11.9 Å². The van der Waals surface area contributed by atoms with Gasteiger partial charge in [-0.25, -0.2) is 4.39 Å². The summed E-state index contributed by atoms with van der Waals surface area (Å²) in [6, 6.07) is -0.976. The molecule has 16 heavy (non-hydrogen) atoms. The predicted molar refractivity (Wildman–Crippen MR) is 52.6 cm³/mol. The van der Waals surface area contributed by atoms with Crippen molar-refractivity contribution >= 4 is 11.9 Å². The molecule has 0 spiro atoms. The minimum absolute atomic E-state index is 0.209. The van der Waals surface area contributed by atoms with Crippen LogP contribution in [-0.2, 0) is 14.3 Å². The first-order valence-electron chi connectivity index (χ1n) is 4.85. The largest absolute Gasteiger partial charge is 0.481 e. The van der Waals surface area contributed by atoms with E-state index in [9.17, 15) is 14.0 Å². The zero-order valence-electron chi connectivity index (χ0n) is 8.76.